The van der Waals surface area contributed by atoms with Gasteiger partial charge in [-0.15, -0.1) is 0 Å². The van der Waals surface area contributed by atoms with Crippen molar-refractivity contribution in [2.24, 2.45) is 0 Å². The number of fused-ring (bicyclic) bond motifs is 1. The molecule has 0 saturated carbocycles. The maximum atomic E-state index is 13.8. The monoisotopic (exact) mass is 471 g/mol. The Labute approximate surface area is 197 Å². The highest BCUT2D eigenvalue weighted by molar-refractivity contribution is 6.00. The van der Waals surface area contributed by atoms with Gasteiger partial charge in [-0.25, -0.2) is 9.18 Å². The molecule has 1 amide bonds. The number of carbonyl (C=O) groups excluding carboxylic acids is 2. The van der Waals surface area contributed by atoms with E-state index >= 15 is 0 Å². The number of carbonyl (C=O) groups is 2. The second-order valence-electron chi connectivity index (χ2n) is 8.71. The van der Waals surface area contributed by atoms with Crippen LogP contribution >= 0.6 is 0 Å². The molecule has 1 aromatic heterocycles. The predicted octanol–water partition coefficient (Wildman–Crippen LogP) is 2.22. The Morgan fingerprint density at radius 1 is 1.06 bits per heavy atom. The van der Waals surface area contributed by atoms with Crippen molar-refractivity contribution in [2.45, 2.75) is 44.8 Å². The summed E-state index contributed by atoms with van der Waals surface area (Å²) in [5.74, 6) is -0.807. The van der Waals surface area contributed by atoms with Gasteiger partial charge in [0, 0.05) is 50.9 Å². The molecular weight excluding hydrogens is 441 g/mol. The summed E-state index contributed by atoms with van der Waals surface area (Å²) in [5, 5.41) is 0. The lowest BCUT2D eigenvalue weighted by Gasteiger charge is -2.34. The van der Waals surface area contributed by atoms with E-state index in [0.29, 0.717) is 56.8 Å². The van der Waals surface area contributed by atoms with Gasteiger partial charge in [-0.1, -0.05) is 12.1 Å². The first-order valence-electron chi connectivity index (χ1n) is 11.6. The summed E-state index contributed by atoms with van der Waals surface area (Å²) in [6.45, 7) is 2.69. The maximum Gasteiger partial charge on any atom is 0.328 e. The minimum Gasteiger partial charge on any atom is -0.496 e. The molecule has 9 heteroatoms. The van der Waals surface area contributed by atoms with Gasteiger partial charge >= 0.3 is 5.97 Å². The molecule has 0 N–H and O–H groups in total. The van der Waals surface area contributed by atoms with E-state index < -0.39 is 12.0 Å². The van der Waals surface area contributed by atoms with Gasteiger partial charge in [0.05, 0.1) is 14.2 Å². The minimum absolute atomic E-state index is 0.224. The number of amides is 1. The fraction of sp³-hybridized carbons (Fsp3) is 0.480. The molecule has 8 nitrogen and oxygen atoms in total. The van der Waals surface area contributed by atoms with Gasteiger partial charge in [-0.3, -0.25) is 14.5 Å². The van der Waals surface area contributed by atoms with Gasteiger partial charge < -0.3 is 18.9 Å². The summed E-state index contributed by atoms with van der Waals surface area (Å²) in [7, 11) is 2.76. The second kappa shape index (κ2) is 10.4. The first-order valence-corrected chi connectivity index (χ1v) is 11.6. The molecule has 182 valence electrons. The van der Waals surface area contributed by atoms with Gasteiger partial charge in [0.1, 0.15) is 23.2 Å². The predicted molar refractivity (Wildman–Crippen MR) is 123 cm³/mol. The van der Waals surface area contributed by atoms with Crippen molar-refractivity contribution in [1.29, 1.82) is 0 Å². The zero-order chi connectivity index (χ0) is 24.2. The van der Waals surface area contributed by atoms with Gasteiger partial charge in [0.25, 0.3) is 11.5 Å². The molecule has 0 bridgehead atoms. The fourth-order valence-electron chi connectivity index (χ4n) is 4.89. The molecule has 1 atom stereocenters. The molecular formula is C25H30FN3O5. The number of benzene rings is 1. The molecule has 0 aliphatic carbocycles. The molecule has 0 radical (unpaired) electrons. The Hall–Kier alpha value is -3.20. The topological polar surface area (TPSA) is 81.1 Å². The highest BCUT2D eigenvalue weighted by Crippen LogP contribution is 2.28. The van der Waals surface area contributed by atoms with E-state index in [9.17, 15) is 18.8 Å². The van der Waals surface area contributed by atoms with Gasteiger partial charge in [-0.05, 0) is 37.0 Å². The lowest BCUT2D eigenvalue weighted by molar-refractivity contribution is -0.147. The van der Waals surface area contributed by atoms with Crippen molar-refractivity contribution >= 4 is 11.9 Å². The lowest BCUT2D eigenvalue weighted by Crippen LogP contribution is -2.49. The van der Waals surface area contributed by atoms with Crippen LogP contribution < -0.4 is 10.3 Å². The molecule has 2 aliphatic heterocycles. The minimum atomic E-state index is -0.649. The summed E-state index contributed by atoms with van der Waals surface area (Å²) in [5.41, 5.74) is 1.70. The van der Waals surface area contributed by atoms with E-state index in [-0.39, 0.29) is 23.0 Å². The van der Waals surface area contributed by atoms with Gasteiger partial charge in [0.2, 0.25) is 0 Å². The summed E-state index contributed by atoms with van der Waals surface area (Å²) >= 11 is 0. The average molecular weight is 472 g/mol. The quantitative estimate of drug-likeness (QED) is 0.622. The number of hydrogen-bond donors (Lipinski definition) is 0. The zero-order valence-corrected chi connectivity index (χ0v) is 19.6. The molecule has 0 spiro atoms. The highest BCUT2D eigenvalue weighted by atomic mass is 19.1. The van der Waals surface area contributed by atoms with E-state index in [1.54, 1.807) is 21.6 Å². The third kappa shape index (κ3) is 4.84. The normalized spacial score (nSPS) is 18.7. The lowest BCUT2D eigenvalue weighted by atomic mass is 9.99. The van der Waals surface area contributed by atoms with Gasteiger partial charge in [-0.2, -0.15) is 0 Å². The fourth-order valence-corrected chi connectivity index (χ4v) is 4.89. The molecule has 1 unspecified atom stereocenters. The smallest absolute Gasteiger partial charge is 0.328 e. The average Bonchev–Trinajstić information content (AvgIpc) is 3.07. The number of ether oxygens (including phenoxy) is 2. The molecule has 4 rings (SSSR count). The van der Waals surface area contributed by atoms with Crippen LogP contribution in [0.2, 0.25) is 0 Å². The number of halogens is 1. The molecule has 2 aromatic rings. The van der Waals surface area contributed by atoms with E-state index in [4.69, 9.17) is 9.47 Å². The SMILES string of the molecule is COC(=O)C1CCCCN1C(=O)c1c(OC)cc(=O)n2c1CCN(Cc1ccc(F)cc1)CC2. The van der Waals surface area contributed by atoms with E-state index in [0.717, 1.165) is 18.4 Å². The van der Waals surface area contributed by atoms with Crippen LogP contribution in [-0.4, -0.2) is 66.1 Å². The number of hydrogen-bond acceptors (Lipinski definition) is 6. The third-order valence-electron chi connectivity index (χ3n) is 6.68. The van der Waals surface area contributed by atoms with Crippen molar-refractivity contribution in [3.05, 3.63) is 63.3 Å². The van der Waals surface area contributed by atoms with Crippen LogP contribution in [0.3, 0.4) is 0 Å². The standard InChI is InChI=1S/C25H30FN3O5/c1-33-21-15-22(30)28-14-13-27(16-17-6-8-18(26)9-7-17)12-10-19(28)23(21)24(31)29-11-4-3-5-20(29)25(32)34-2/h6-9,15,20H,3-5,10-14,16H2,1-2H3. The van der Waals surface area contributed by atoms with Crippen molar-refractivity contribution < 1.29 is 23.5 Å². The molecule has 2 aliphatic rings. The van der Waals surface area contributed by atoms with E-state index in [1.807, 2.05) is 0 Å². The first kappa shape index (κ1) is 23.9. The number of aromatic nitrogens is 1. The molecule has 1 fully saturated rings. The second-order valence-corrected chi connectivity index (χ2v) is 8.71. The first-order chi connectivity index (χ1) is 16.4. The number of likely N-dealkylation sites (tertiary alicyclic amines) is 1. The number of nitrogens with zero attached hydrogens (tertiary/aromatic N) is 3. The Morgan fingerprint density at radius 3 is 2.53 bits per heavy atom. The third-order valence-corrected chi connectivity index (χ3v) is 6.68. The molecule has 1 saturated heterocycles. The van der Waals surface area contributed by atoms with Gasteiger partial charge in [0.15, 0.2) is 0 Å². The summed E-state index contributed by atoms with van der Waals surface area (Å²) < 4.78 is 25.3. The van der Waals surface area contributed by atoms with Crippen molar-refractivity contribution in [3.8, 4) is 5.75 Å². The van der Waals surface area contributed by atoms with Crippen molar-refractivity contribution in [2.75, 3.05) is 33.9 Å². The summed E-state index contributed by atoms with van der Waals surface area (Å²) in [6, 6.07) is 7.07. The number of methoxy groups -OCH3 is 2. The van der Waals surface area contributed by atoms with Crippen LogP contribution in [0.25, 0.3) is 0 Å². The van der Waals surface area contributed by atoms with Crippen molar-refractivity contribution in [1.82, 2.24) is 14.4 Å². The van der Waals surface area contributed by atoms with Crippen LogP contribution in [0.1, 0.15) is 40.9 Å². The van der Waals surface area contributed by atoms with Crippen LogP contribution in [-0.2, 0) is 29.0 Å². The number of pyridine rings is 1. The van der Waals surface area contributed by atoms with Crippen LogP contribution in [0.4, 0.5) is 4.39 Å². The maximum absolute atomic E-state index is 13.8. The molecule has 34 heavy (non-hydrogen) atoms. The number of esters is 1. The largest absolute Gasteiger partial charge is 0.496 e. The Bertz CT molecular complexity index is 1110. The van der Waals surface area contributed by atoms with E-state index in [1.165, 1.54) is 32.4 Å². The highest BCUT2D eigenvalue weighted by Gasteiger charge is 2.36. The molecule has 1 aromatic carbocycles. The number of piperidine rings is 1. The molecule has 3 heterocycles. The Kier molecular flexibility index (Phi) is 7.31. The van der Waals surface area contributed by atoms with Crippen LogP contribution in [0, 0.1) is 5.82 Å². The zero-order valence-electron chi connectivity index (χ0n) is 19.6. The summed E-state index contributed by atoms with van der Waals surface area (Å²) in [4.78, 5) is 42.8. The van der Waals surface area contributed by atoms with E-state index in [2.05, 4.69) is 4.90 Å². The number of rotatable bonds is 5. The Balaban J connectivity index is 1.65. The Morgan fingerprint density at radius 2 is 1.82 bits per heavy atom. The summed E-state index contributed by atoms with van der Waals surface area (Å²) in [6.07, 6.45) is 2.64. The van der Waals surface area contributed by atoms with Crippen LogP contribution in [0.15, 0.2) is 35.1 Å². The van der Waals surface area contributed by atoms with Crippen molar-refractivity contribution in [3.63, 3.8) is 0 Å². The van der Waals surface area contributed by atoms with Crippen LogP contribution in [0.5, 0.6) is 5.75 Å².